The number of thiazole rings is 1. The SMILES string of the molecule is O=c1n(Cc2cscn2)nc([C@H]2CCCNC2)n1-c1ccccc1. The first-order chi connectivity index (χ1) is 11.8. The maximum Gasteiger partial charge on any atom is 0.350 e. The van der Waals surface area contributed by atoms with E-state index in [1.54, 1.807) is 10.1 Å². The van der Waals surface area contributed by atoms with Gasteiger partial charge in [0.05, 0.1) is 23.4 Å². The van der Waals surface area contributed by atoms with Crippen LogP contribution in [-0.2, 0) is 6.54 Å². The largest absolute Gasteiger partial charge is 0.350 e. The summed E-state index contributed by atoms with van der Waals surface area (Å²) in [7, 11) is 0. The van der Waals surface area contributed by atoms with E-state index in [9.17, 15) is 4.79 Å². The van der Waals surface area contributed by atoms with E-state index in [-0.39, 0.29) is 11.6 Å². The highest BCUT2D eigenvalue weighted by atomic mass is 32.1. The molecule has 1 aliphatic rings. The van der Waals surface area contributed by atoms with Gasteiger partial charge in [-0.2, -0.15) is 5.10 Å². The molecule has 7 heteroatoms. The first-order valence-electron chi connectivity index (χ1n) is 8.16. The number of hydrogen-bond donors (Lipinski definition) is 1. The van der Waals surface area contributed by atoms with Crippen molar-refractivity contribution in [3.05, 3.63) is 63.2 Å². The number of piperidine rings is 1. The lowest BCUT2D eigenvalue weighted by atomic mass is 9.99. The van der Waals surface area contributed by atoms with Gasteiger partial charge >= 0.3 is 5.69 Å². The van der Waals surface area contributed by atoms with Crippen LogP contribution in [0.4, 0.5) is 0 Å². The van der Waals surface area contributed by atoms with Gasteiger partial charge in [-0.1, -0.05) is 18.2 Å². The minimum Gasteiger partial charge on any atom is -0.316 e. The lowest BCUT2D eigenvalue weighted by Crippen LogP contribution is -2.31. The van der Waals surface area contributed by atoms with Crippen molar-refractivity contribution in [2.24, 2.45) is 0 Å². The van der Waals surface area contributed by atoms with Crippen LogP contribution in [0.1, 0.15) is 30.3 Å². The predicted octanol–water partition coefficient (Wildman–Crippen LogP) is 2.01. The molecule has 1 N–H and O–H groups in total. The van der Waals surface area contributed by atoms with Crippen LogP contribution in [0.25, 0.3) is 5.69 Å². The second kappa shape index (κ2) is 6.70. The van der Waals surface area contributed by atoms with Crippen molar-refractivity contribution in [2.45, 2.75) is 25.3 Å². The molecule has 0 aliphatic carbocycles. The molecule has 0 spiro atoms. The minimum absolute atomic E-state index is 0.102. The molecule has 4 rings (SSSR count). The van der Waals surface area contributed by atoms with E-state index >= 15 is 0 Å². The zero-order valence-electron chi connectivity index (χ0n) is 13.3. The molecule has 1 atom stereocenters. The van der Waals surface area contributed by atoms with E-state index in [1.165, 1.54) is 16.0 Å². The summed E-state index contributed by atoms with van der Waals surface area (Å²) in [5.41, 5.74) is 3.41. The fraction of sp³-hybridized carbons (Fsp3) is 0.353. The fourth-order valence-electron chi connectivity index (χ4n) is 3.15. The fourth-order valence-corrected chi connectivity index (χ4v) is 3.70. The molecule has 2 aromatic heterocycles. The number of benzene rings is 1. The Morgan fingerprint density at radius 3 is 2.88 bits per heavy atom. The van der Waals surface area contributed by atoms with Crippen LogP contribution in [0.2, 0.25) is 0 Å². The highest BCUT2D eigenvalue weighted by Gasteiger charge is 2.24. The average molecular weight is 341 g/mol. The molecule has 1 aliphatic heterocycles. The maximum atomic E-state index is 13.0. The Morgan fingerprint density at radius 1 is 1.29 bits per heavy atom. The lowest BCUT2D eigenvalue weighted by Gasteiger charge is -2.22. The highest BCUT2D eigenvalue weighted by molar-refractivity contribution is 7.07. The van der Waals surface area contributed by atoms with Gasteiger partial charge in [-0.3, -0.25) is 0 Å². The van der Waals surface area contributed by atoms with Gasteiger partial charge in [-0.15, -0.1) is 11.3 Å². The van der Waals surface area contributed by atoms with Crippen LogP contribution in [0.3, 0.4) is 0 Å². The molecule has 0 saturated carbocycles. The third-order valence-corrected chi connectivity index (χ3v) is 4.97. The third-order valence-electron chi connectivity index (χ3n) is 4.34. The Balaban J connectivity index is 1.79. The summed E-state index contributed by atoms with van der Waals surface area (Å²) in [5, 5.41) is 10.0. The first kappa shape index (κ1) is 15.3. The van der Waals surface area contributed by atoms with E-state index < -0.39 is 0 Å². The summed E-state index contributed by atoms with van der Waals surface area (Å²) in [6, 6.07) is 9.76. The number of rotatable bonds is 4. The molecular formula is C17H19N5OS. The van der Waals surface area contributed by atoms with Crippen LogP contribution >= 0.6 is 11.3 Å². The van der Waals surface area contributed by atoms with Crippen LogP contribution < -0.4 is 11.0 Å². The molecule has 124 valence electrons. The Morgan fingerprint density at radius 2 is 2.17 bits per heavy atom. The number of nitrogens with one attached hydrogen (secondary N) is 1. The Kier molecular flexibility index (Phi) is 4.27. The molecule has 0 radical (unpaired) electrons. The Labute approximate surface area is 143 Å². The summed E-state index contributed by atoms with van der Waals surface area (Å²) in [6.45, 7) is 2.31. The summed E-state index contributed by atoms with van der Waals surface area (Å²) in [4.78, 5) is 17.3. The van der Waals surface area contributed by atoms with Crippen molar-refractivity contribution in [3.8, 4) is 5.69 Å². The smallest absolute Gasteiger partial charge is 0.316 e. The molecule has 1 fully saturated rings. The summed E-state index contributed by atoms with van der Waals surface area (Å²) >= 11 is 1.53. The number of nitrogens with zero attached hydrogens (tertiary/aromatic N) is 4. The van der Waals surface area contributed by atoms with Crippen LogP contribution in [0.5, 0.6) is 0 Å². The zero-order chi connectivity index (χ0) is 16.4. The predicted molar refractivity (Wildman–Crippen MR) is 93.9 cm³/mol. The first-order valence-corrected chi connectivity index (χ1v) is 9.10. The minimum atomic E-state index is -0.102. The molecule has 1 aromatic carbocycles. The summed E-state index contributed by atoms with van der Waals surface area (Å²) in [5.74, 6) is 1.09. The quantitative estimate of drug-likeness (QED) is 0.788. The zero-order valence-corrected chi connectivity index (χ0v) is 14.1. The van der Waals surface area contributed by atoms with Crippen molar-refractivity contribution in [2.75, 3.05) is 13.1 Å². The van der Waals surface area contributed by atoms with E-state index in [4.69, 9.17) is 0 Å². The monoisotopic (exact) mass is 341 g/mol. The van der Waals surface area contributed by atoms with Gasteiger partial charge in [0, 0.05) is 17.8 Å². The molecule has 0 unspecified atom stereocenters. The van der Waals surface area contributed by atoms with Crippen molar-refractivity contribution in [1.82, 2.24) is 24.6 Å². The second-order valence-corrected chi connectivity index (χ2v) is 6.71. The van der Waals surface area contributed by atoms with E-state index in [1.807, 2.05) is 35.7 Å². The highest BCUT2D eigenvalue weighted by Crippen LogP contribution is 2.23. The molecule has 0 bridgehead atoms. The van der Waals surface area contributed by atoms with Gasteiger partial charge in [0.25, 0.3) is 0 Å². The normalized spacial score (nSPS) is 17.9. The van der Waals surface area contributed by atoms with Gasteiger partial charge in [0.1, 0.15) is 5.82 Å². The van der Waals surface area contributed by atoms with Crippen molar-refractivity contribution in [3.63, 3.8) is 0 Å². The third kappa shape index (κ3) is 2.92. The van der Waals surface area contributed by atoms with Crippen LogP contribution in [0, 0.1) is 0 Å². The number of hydrogen-bond acceptors (Lipinski definition) is 5. The van der Waals surface area contributed by atoms with Gasteiger partial charge < -0.3 is 5.32 Å². The van der Waals surface area contributed by atoms with Crippen LogP contribution in [-0.4, -0.2) is 32.4 Å². The van der Waals surface area contributed by atoms with E-state index in [2.05, 4.69) is 15.4 Å². The Hall–Kier alpha value is -2.25. The Bertz CT molecular complexity index is 847. The van der Waals surface area contributed by atoms with Gasteiger partial charge in [-0.25, -0.2) is 19.0 Å². The van der Waals surface area contributed by atoms with E-state index in [0.717, 1.165) is 43.1 Å². The van der Waals surface area contributed by atoms with Crippen molar-refractivity contribution >= 4 is 11.3 Å². The average Bonchev–Trinajstić information content (AvgIpc) is 3.25. The topological polar surface area (TPSA) is 64.7 Å². The molecule has 6 nitrogen and oxygen atoms in total. The lowest BCUT2D eigenvalue weighted by molar-refractivity contribution is 0.439. The number of para-hydroxylation sites is 1. The van der Waals surface area contributed by atoms with E-state index in [0.29, 0.717) is 6.54 Å². The number of aromatic nitrogens is 4. The summed E-state index contributed by atoms with van der Waals surface area (Å²) < 4.78 is 3.29. The van der Waals surface area contributed by atoms with Crippen LogP contribution in [0.15, 0.2) is 46.0 Å². The standard InChI is InChI=1S/C17H19N5OS/c23-17-21(10-14-11-24-12-19-14)20-16(13-5-4-8-18-9-13)22(17)15-6-2-1-3-7-15/h1-3,6-7,11-13,18H,4-5,8-10H2/t13-/m0/s1. The second-order valence-electron chi connectivity index (χ2n) is 5.99. The molecular weight excluding hydrogens is 322 g/mol. The van der Waals surface area contributed by atoms with Gasteiger partial charge in [-0.05, 0) is 31.5 Å². The molecule has 0 amide bonds. The molecule has 3 aromatic rings. The van der Waals surface area contributed by atoms with Crippen molar-refractivity contribution in [1.29, 1.82) is 0 Å². The summed E-state index contributed by atoms with van der Waals surface area (Å²) in [6.07, 6.45) is 2.15. The molecule has 1 saturated heterocycles. The van der Waals surface area contributed by atoms with Gasteiger partial charge in [0.15, 0.2) is 0 Å². The molecule has 3 heterocycles. The maximum absolute atomic E-state index is 13.0. The van der Waals surface area contributed by atoms with Crippen molar-refractivity contribution < 1.29 is 0 Å². The molecule has 24 heavy (non-hydrogen) atoms. The van der Waals surface area contributed by atoms with Gasteiger partial charge in [0.2, 0.25) is 0 Å².